The van der Waals surface area contributed by atoms with Gasteiger partial charge in [-0.2, -0.15) is 0 Å². The van der Waals surface area contributed by atoms with Crippen molar-refractivity contribution in [2.24, 2.45) is 5.73 Å². The van der Waals surface area contributed by atoms with Crippen molar-refractivity contribution in [2.75, 3.05) is 0 Å². The average molecular weight is 151 g/mol. The normalized spacial score (nSPS) is 35.3. The van der Waals surface area contributed by atoms with Crippen molar-refractivity contribution in [1.82, 2.24) is 0 Å². The highest BCUT2D eigenvalue weighted by Gasteiger charge is 2.54. The molecule has 0 bridgehead atoms. The maximum Gasteiger partial charge on any atom is 0.152 e. The van der Waals surface area contributed by atoms with Gasteiger partial charge in [-0.25, -0.2) is 4.39 Å². The van der Waals surface area contributed by atoms with Crippen LogP contribution < -0.4 is 5.73 Å². The van der Waals surface area contributed by atoms with E-state index in [1.54, 1.807) is 12.1 Å². The van der Waals surface area contributed by atoms with Crippen molar-refractivity contribution in [3.63, 3.8) is 0 Å². The lowest BCUT2D eigenvalue weighted by Crippen LogP contribution is -2.12. The third-order valence-corrected chi connectivity index (χ3v) is 2.20. The van der Waals surface area contributed by atoms with Gasteiger partial charge in [-0.15, -0.1) is 0 Å². The Balaban J connectivity index is 2.32. The second-order valence-electron chi connectivity index (χ2n) is 3.04. The average Bonchev–Trinajstić information content (AvgIpc) is 2.64. The number of nitrogens with two attached hydrogens (primary N) is 1. The fourth-order valence-electron chi connectivity index (χ4n) is 1.31. The van der Waals surface area contributed by atoms with E-state index in [9.17, 15) is 4.39 Å². The molecule has 2 N–H and O–H groups in total. The minimum absolute atomic E-state index is 0.287. The van der Waals surface area contributed by atoms with Gasteiger partial charge in [0.1, 0.15) is 0 Å². The fourth-order valence-corrected chi connectivity index (χ4v) is 1.31. The molecule has 2 heteroatoms. The Morgan fingerprint density at radius 1 is 1.36 bits per heavy atom. The van der Waals surface area contributed by atoms with Crippen LogP contribution in [0.25, 0.3) is 0 Å². The zero-order chi connectivity index (χ0) is 7.90. The molecule has 0 aromatic heterocycles. The third kappa shape index (κ3) is 0.942. The summed E-state index contributed by atoms with van der Waals surface area (Å²) in [6, 6.07) is 8.83. The summed E-state index contributed by atoms with van der Waals surface area (Å²) in [5.74, 6) is 0. The molecule has 0 radical (unpaired) electrons. The van der Waals surface area contributed by atoms with Gasteiger partial charge in [-0.1, -0.05) is 30.3 Å². The van der Waals surface area contributed by atoms with E-state index in [0.717, 1.165) is 0 Å². The van der Waals surface area contributed by atoms with Crippen molar-refractivity contribution in [3.8, 4) is 0 Å². The fraction of sp³-hybridized carbons (Fsp3) is 0.333. The quantitative estimate of drug-likeness (QED) is 0.648. The van der Waals surface area contributed by atoms with Crippen LogP contribution in [-0.4, -0.2) is 6.04 Å². The monoisotopic (exact) mass is 151 g/mol. The molecular weight excluding hydrogens is 141 g/mol. The summed E-state index contributed by atoms with van der Waals surface area (Å²) < 4.78 is 13.5. The largest absolute Gasteiger partial charge is 0.325 e. The lowest BCUT2D eigenvalue weighted by atomic mass is 10.1. The highest BCUT2D eigenvalue weighted by atomic mass is 19.1. The molecule has 1 aromatic rings. The first kappa shape index (κ1) is 6.80. The van der Waals surface area contributed by atoms with E-state index in [1.807, 2.05) is 18.2 Å². The summed E-state index contributed by atoms with van der Waals surface area (Å²) in [6.07, 6.45) is 0.469. The van der Waals surface area contributed by atoms with Crippen LogP contribution in [0, 0.1) is 0 Å². The van der Waals surface area contributed by atoms with Crippen LogP contribution in [0.3, 0.4) is 0 Å². The molecule has 0 heterocycles. The molecule has 1 saturated carbocycles. The molecule has 1 aromatic carbocycles. The van der Waals surface area contributed by atoms with E-state index in [1.165, 1.54) is 0 Å². The van der Waals surface area contributed by atoms with Crippen LogP contribution in [0.1, 0.15) is 12.0 Å². The van der Waals surface area contributed by atoms with E-state index >= 15 is 0 Å². The lowest BCUT2D eigenvalue weighted by Gasteiger charge is -2.04. The summed E-state index contributed by atoms with van der Waals surface area (Å²) in [5.41, 5.74) is 4.95. The van der Waals surface area contributed by atoms with Gasteiger partial charge < -0.3 is 5.73 Å². The predicted molar refractivity (Wildman–Crippen MR) is 41.8 cm³/mol. The van der Waals surface area contributed by atoms with Gasteiger partial charge in [0.15, 0.2) is 5.67 Å². The highest BCUT2D eigenvalue weighted by molar-refractivity contribution is 5.31. The van der Waals surface area contributed by atoms with Crippen LogP contribution >= 0.6 is 0 Å². The van der Waals surface area contributed by atoms with Gasteiger partial charge >= 0.3 is 0 Å². The van der Waals surface area contributed by atoms with Crippen LogP contribution in [0.2, 0.25) is 0 Å². The summed E-state index contributed by atoms with van der Waals surface area (Å²) in [7, 11) is 0. The first-order valence-electron chi connectivity index (χ1n) is 3.73. The molecule has 0 aliphatic heterocycles. The van der Waals surface area contributed by atoms with Crippen LogP contribution in [0.5, 0.6) is 0 Å². The van der Waals surface area contributed by atoms with Gasteiger partial charge in [-0.05, 0) is 5.56 Å². The molecule has 1 unspecified atom stereocenters. The van der Waals surface area contributed by atoms with E-state index in [0.29, 0.717) is 12.0 Å². The molecule has 0 spiro atoms. The Hall–Kier alpha value is -0.890. The second-order valence-corrected chi connectivity index (χ2v) is 3.04. The molecule has 1 nitrogen and oxygen atoms in total. The Morgan fingerprint density at radius 3 is 2.36 bits per heavy atom. The zero-order valence-electron chi connectivity index (χ0n) is 6.13. The molecule has 1 fully saturated rings. The molecular formula is C9H10FN. The van der Waals surface area contributed by atoms with Crippen molar-refractivity contribution in [3.05, 3.63) is 35.9 Å². The SMILES string of the molecule is NC1C[C@@]1(F)c1ccccc1. The van der Waals surface area contributed by atoms with Crippen LogP contribution in [0.15, 0.2) is 30.3 Å². The minimum Gasteiger partial charge on any atom is -0.325 e. The van der Waals surface area contributed by atoms with Crippen LogP contribution in [0.4, 0.5) is 4.39 Å². The summed E-state index contributed by atoms with van der Waals surface area (Å²) in [4.78, 5) is 0. The molecule has 0 amide bonds. The predicted octanol–water partition coefficient (Wildman–Crippen LogP) is 1.58. The summed E-state index contributed by atoms with van der Waals surface area (Å²) >= 11 is 0. The smallest absolute Gasteiger partial charge is 0.152 e. The third-order valence-electron chi connectivity index (χ3n) is 2.20. The maximum absolute atomic E-state index is 13.5. The number of alkyl halides is 1. The molecule has 1 aliphatic carbocycles. The molecule has 11 heavy (non-hydrogen) atoms. The highest BCUT2D eigenvalue weighted by Crippen LogP contribution is 2.48. The van der Waals surface area contributed by atoms with Crippen molar-refractivity contribution >= 4 is 0 Å². The summed E-state index contributed by atoms with van der Waals surface area (Å²) in [5, 5.41) is 0. The van der Waals surface area contributed by atoms with Crippen LogP contribution in [-0.2, 0) is 5.67 Å². The van der Waals surface area contributed by atoms with E-state index in [-0.39, 0.29) is 6.04 Å². The number of hydrogen-bond acceptors (Lipinski definition) is 1. The van der Waals surface area contributed by atoms with E-state index in [4.69, 9.17) is 5.73 Å². The van der Waals surface area contributed by atoms with Gasteiger partial charge in [0.2, 0.25) is 0 Å². The summed E-state index contributed by atoms with van der Waals surface area (Å²) in [6.45, 7) is 0. The van der Waals surface area contributed by atoms with Gasteiger partial charge in [0.25, 0.3) is 0 Å². The van der Waals surface area contributed by atoms with E-state index in [2.05, 4.69) is 0 Å². The zero-order valence-corrected chi connectivity index (χ0v) is 6.13. The second kappa shape index (κ2) is 2.05. The maximum atomic E-state index is 13.5. The Kier molecular flexibility index (Phi) is 1.26. The van der Waals surface area contributed by atoms with E-state index < -0.39 is 5.67 Å². The van der Waals surface area contributed by atoms with Crippen molar-refractivity contribution < 1.29 is 4.39 Å². The molecule has 58 valence electrons. The number of rotatable bonds is 1. The number of benzene rings is 1. The number of hydrogen-bond donors (Lipinski definition) is 1. The molecule has 0 saturated heterocycles. The lowest BCUT2D eigenvalue weighted by molar-refractivity contribution is 0.306. The molecule has 2 rings (SSSR count). The van der Waals surface area contributed by atoms with Crippen molar-refractivity contribution in [2.45, 2.75) is 18.1 Å². The Bertz CT molecular complexity index is 260. The first-order chi connectivity index (χ1) is 5.23. The first-order valence-corrected chi connectivity index (χ1v) is 3.73. The van der Waals surface area contributed by atoms with Crippen molar-refractivity contribution in [1.29, 1.82) is 0 Å². The standard InChI is InChI=1S/C9H10FN/c10-9(6-8(9)11)7-4-2-1-3-5-7/h1-5,8H,6,11H2/t8?,9-/m1/s1. The van der Waals surface area contributed by atoms with Gasteiger partial charge in [-0.3, -0.25) is 0 Å². The number of halogens is 1. The van der Waals surface area contributed by atoms with Gasteiger partial charge in [0.05, 0.1) is 0 Å². The Morgan fingerprint density at radius 2 is 1.91 bits per heavy atom. The topological polar surface area (TPSA) is 26.0 Å². The Labute approximate surface area is 65.0 Å². The molecule has 2 atom stereocenters. The minimum atomic E-state index is -1.22. The molecule has 1 aliphatic rings. The van der Waals surface area contributed by atoms with Gasteiger partial charge in [0, 0.05) is 12.5 Å².